The van der Waals surface area contributed by atoms with Crippen molar-refractivity contribution in [2.75, 3.05) is 13.7 Å². The largest absolute Gasteiger partial charge is 0.506 e. The highest BCUT2D eigenvalue weighted by molar-refractivity contribution is 6.28. The average molecular weight is 275 g/mol. The summed E-state index contributed by atoms with van der Waals surface area (Å²) in [5.41, 5.74) is 0.289. The molecule has 0 aromatic heterocycles. The van der Waals surface area contributed by atoms with Crippen molar-refractivity contribution in [3.63, 3.8) is 0 Å². The van der Waals surface area contributed by atoms with E-state index in [0.717, 1.165) is 0 Å². The highest BCUT2D eigenvalue weighted by Gasteiger charge is 2.37. The van der Waals surface area contributed by atoms with Crippen molar-refractivity contribution in [1.82, 2.24) is 4.90 Å². The predicted molar refractivity (Wildman–Crippen MR) is 74.4 cm³/mol. The summed E-state index contributed by atoms with van der Waals surface area (Å²) in [6.45, 7) is 3.68. The van der Waals surface area contributed by atoms with E-state index in [0.29, 0.717) is 11.3 Å². The van der Waals surface area contributed by atoms with E-state index in [4.69, 9.17) is 4.74 Å². The lowest BCUT2D eigenvalue weighted by Crippen LogP contribution is -2.32. The number of nitrogens with zero attached hydrogens (tertiary/aromatic N) is 1. The highest BCUT2D eigenvalue weighted by Crippen LogP contribution is 2.25. The smallest absolute Gasteiger partial charge is 0.262 e. The van der Waals surface area contributed by atoms with Gasteiger partial charge in [0.15, 0.2) is 5.78 Å². The van der Waals surface area contributed by atoms with E-state index in [1.54, 1.807) is 24.3 Å². The molecule has 106 valence electrons. The van der Waals surface area contributed by atoms with Crippen molar-refractivity contribution >= 4 is 17.4 Å². The Morgan fingerprint density at radius 3 is 2.30 bits per heavy atom. The molecule has 5 nitrogen and oxygen atoms in total. The fourth-order valence-corrected chi connectivity index (χ4v) is 2.11. The van der Waals surface area contributed by atoms with Crippen molar-refractivity contribution in [1.29, 1.82) is 0 Å². The van der Waals surface area contributed by atoms with Crippen LogP contribution in [0.3, 0.4) is 0 Å². The summed E-state index contributed by atoms with van der Waals surface area (Å²) in [7, 11) is 1.54. The Hall–Kier alpha value is -2.30. The SMILES string of the molecule is COc1ccc(/C(O)=C2\C(=O)CN(C(C)C)C2=O)cc1. The molecule has 5 heteroatoms. The summed E-state index contributed by atoms with van der Waals surface area (Å²) in [6.07, 6.45) is 0. The minimum atomic E-state index is -0.418. The average Bonchev–Trinajstić information content (AvgIpc) is 2.73. The zero-order chi connectivity index (χ0) is 14.9. The van der Waals surface area contributed by atoms with Gasteiger partial charge in [-0.3, -0.25) is 9.59 Å². The number of aliphatic hydroxyl groups excluding tert-OH is 1. The van der Waals surface area contributed by atoms with E-state index in [-0.39, 0.29) is 29.7 Å². The molecule has 20 heavy (non-hydrogen) atoms. The maximum atomic E-state index is 12.2. The molecule has 0 saturated carbocycles. The first-order valence-electron chi connectivity index (χ1n) is 6.37. The van der Waals surface area contributed by atoms with Gasteiger partial charge in [-0.15, -0.1) is 0 Å². The topological polar surface area (TPSA) is 66.8 Å². The first-order valence-corrected chi connectivity index (χ1v) is 6.37. The lowest BCUT2D eigenvalue weighted by atomic mass is 10.1. The van der Waals surface area contributed by atoms with Crippen LogP contribution in [0.15, 0.2) is 29.8 Å². The van der Waals surface area contributed by atoms with Crippen LogP contribution in [-0.4, -0.2) is 41.4 Å². The van der Waals surface area contributed by atoms with E-state index < -0.39 is 5.91 Å². The second kappa shape index (κ2) is 5.36. The first kappa shape index (κ1) is 14.1. The molecule has 0 radical (unpaired) electrons. The second-order valence-corrected chi connectivity index (χ2v) is 4.90. The molecule has 2 rings (SSSR count). The van der Waals surface area contributed by atoms with Crippen LogP contribution < -0.4 is 4.74 Å². The van der Waals surface area contributed by atoms with Crippen molar-refractivity contribution in [3.8, 4) is 5.75 Å². The predicted octanol–water partition coefficient (Wildman–Crippen LogP) is 1.78. The molecule has 1 heterocycles. The first-order chi connectivity index (χ1) is 9.45. The molecule has 1 aromatic carbocycles. The number of rotatable bonds is 3. The quantitative estimate of drug-likeness (QED) is 0.519. The van der Waals surface area contributed by atoms with Crippen LogP contribution in [0.1, 0.15) is 19.4 Å². The van der Waals surface area contributed by atoms with Crippen molar-refractivity contribution in [2.45, 2.75) is 19.9 Å². The summed E-state index contributed by atoms with van der Waals surface area (Å²) in [5.74, 6) is -0.402. The van der Waals surface area contributed by atoms with Crippen LogP contribution in [0.4, 0.5) is 0 Å². The molecule has 1 saturated heterocycles. The van der Waals surface area contributed by atoms with E-state index in [2.05, 4.69) is 0 Å². The number of Topliss-reactive ketones (excluding diaryl/α,β-unsaturated/α-hetero) is 1. The molecule has 0 unspecified atom stereocenters. The van der Waals surface area contributed by atoms with Crippen molar-refractivity contribution in [3.05, 3.63) is 35.4 Å². The number of carbonyl (C=O) groups is 2. The van der Waals surface area contributed by atoms with E-state index in [1.807, 2.05) is 13.8 Å². The Morgan fingerprint density at radius 2 is 1.85 bits per heavy atom. The van der Waals surface area contributed by atoms with Crippen LogP contribution >= 0.6 is 0 Å². The summed E-state index contributed by atoms with van der Waals surface area (Å²) >= 11 is 0. The number of aliphatic hydroxyl groups is 1. The number of hydrogen-bond acceptors (Lipinski definition) is 4. The molecular formula is C15H17NO4. The van der Waals surface area contributed by atoms with E-state index in [9.17, 15) is 14.7 Å². The third kappa shape index (κ3) is 2.39. The van der Waals surface area contributed by atoms with Gasteiger partial charge in [0, 0.05) is 11.6 Å². The number of ketones is 1. The number of likely N-dealkylation sites (tertiary alicyclic amines) is 1. The Bertz CT molecular complexity index is 572. The molecule has 1 fully saturated rings. The number of ether oxygens (including phenoxy) is 1. The second-order valence-electron chi connectivity index (χ2n) is 4.90. The third-order valence-electron chi connectivity index (χ3n) is 3.29. The number of benzene rings is 1. The monoisotopic (exact) mass is 275 g/mol. The van der Waals surface area contributed by atoms with Gasteiger partial charge in [0.1, 0.15) is 17.1 Å². The lowest BCUT2D eigenvalue weighted by Gasteiger charge is -2.18. The van der Waals surface area contributed by atoms with Gasteiger partial charge in [-0.25, -0.2) is 0 Å². The number of hydrogen-bond donors (Lipinski definition) is 1. The van der Waals surface area contributed by atoms with Crippen LogP contribution in [0, 0.1) is 0 Å². The summed E-state index contributed by atoms with van der Waals surface area (Å²) in [5, 5.41) is 10.2. The summed E-state index contributed by atoms with van der Waals surface area (Å²) in [4.78, 5) is 25.5. The number of methoxy groups -OCH3 is 1. The molecule has 0 atom stereocenters. The lowest BCUT2D eigenvalue weighted by molar-refractivity contribution is -0.126. The molecule has 1 aliphatic rings. The fourth-order valence-electron chi connectivity index (χ4n) is 2.11. The molecule has 0 aliphatic carbocycles. The molecule has 1 N–H and O–H groups in total. The van der Waals surface area contributed by atoms with Gasteiger partial charge in [0.2, 0.25) is 0 Å². The van der Waals surface area contributed by atoms with Gasteiger partial charge in [-0.1, -0.05) is 0 Å². The fraction of sp³-hybridized carbons (Fsp3) is 0.333. The Morgan fingerprint density at radius 1 is 1.25 bits per heavy atom. The third-order valence-corrected chi connectivity index (χ3v) is 3.29. The van der Waals surface area contributed by atoms with E-state index in [1.165, 1.54) is 12.0 Å². The molecule has 1 amide bonds. The maximum Gasteiger partial charge on any atom is 0.262 e. The number of carbonyl (C=O) groups excluding carboxylic acids is 2. The summed E-state index contributed by atoms with van der Waals surface area (Å²) < 4.78 is 5.03. The standard InChI is InChI=1S/C15H17NO4/c1-9(2)16-8-12(17)13(15(16)19)14(18)10-4-6-11(20-3)7-5-10/h4-7,9,18H,8H2,1-3H3/b14-13-. The van der Waals surface area contributed by atoms with Crippen LogP contribution in [-0.2, 0) is 9.59 Å². The maximum absolute atomic E-state index is 12.2. The van der Waals surface area contributed by atoms with Crippen LogP contribution in [0.2, 0.25) is 0 Å². The van der Waals surface area contributed by atoms with Gasteiger partial charge < -0.3 is 14.7 Å². The normalized spacial score (nSPS) is 17.9. The molecular weight excluding hydrogens is 258 g/mol. The van der Waals surface area contributed by atoms with Gasteiger partial charge in [-0.2, -0.15) is 0 Å². The van der Waals surface area contributed by atoms with Crippen molar-refractivity contribution in [2.24, 2.45) is 0 Å². The van der Waals surface area contributed by atoms with Gasteiger partial charge in [0.25, 0.3) is 5.91 Å². The highest BCUT2D eigenvalue weighted by atomic mass is 16.5. The van der Waals surface area contributed by atoms with Gasteiger partial charge >= 0.3 is 0 Å². The molecule has 0 spiro atoms. The number of amides is 1. The minimum Gasteiger partial charge on any atom is -0.506 e. The van der Waals surface area contributed by atoms with Crippen LogP contribution in [0.5, 0.6) is 5.75 Å². The molecule has 1 aliphatic heterocycles. The van der Waals surface area contributed by atoms with Crippen LogP contribution in [0.25, 0.3) is 5.76 Å². The molecule has 0 bridgehead atoms. The Labute approximate surface area is 117 Å². The minimum absolute atomic E-state index is 0.0199. The van der Waals surface area contributed by atoms with Gasteiger partial charge in [0.05, 0.1) is 13.7 Å². The van der Waals surface area contributed by atoms with E-state index >= 15 is 0 Å². The summed E-state index contributed by atoms with van der Waals surface area (Å²) in [6, 6.07) is 6.47. The van der Waals surface area contributed by atoms with Crippen molar-refractivity contribution < 1.29 is 19.4 Å². The Kier molecular flexibility index (Phi) is 3.79. The zero-order valence-electron chi connectivity index (χ0n) is 11.7. The molecule has 1 aromatic rings. The van der Waals surface area contributed by atoms with Gasteiger partial charge in [-0.05, 0) is 38.1 Å². The Balaban J connectivity index is 2.40. The zero-order valence-corrected chi connectivity index (χ0v) is 11.7.